The van der Waals surface area contributed by atoms with E-state index in [0.29, 0.717) is 12.1 Å². The van der Waals surface area contributed by atoms with Crippen molar-refractivity contribution in [1.82, 2.24) is 19.5 Å². The van der Waals surface area contributed by atoms with E-state index in [4.69, 9.17) is 5.73 Å². The number of nitrogens with zero attached hydrogens (tertiary/aromatic N) is 5. The minimum Gasteiger partial charge on any atom is -0.395 e. The fourth-order valence-corrected chi connectivity index (χ4v) is 3.20. The maximum atomic E-state index is 9.42. The third-order valence-electron chi connectivity index (χ3n) is 4.81. The van der Waals surface area contributed by atoms with Crippen LogP contribution in [0.15, 0.2) is 11.9 Å². The molecule has 0 aromatic carbocycles. The average molecular weight is 316 g/mol. The van der Waals surface area contributed by atoms with Gasteiger partial charge in [-0.15, -0.1) is 0 Å². The van der Waals surface area contributed by atoms with Crippen LogP contribution in [-0.2, 0) is 0 Å². The molecule has 8 heteroatoms. The highest BCUT2D eigenvalue weighted by atomic mass is 16.3. The SMILES string of the molecule is Nc1nc(N2CCCC2)c2ncn(/C=C3/CC3(CO)CO)c2n1. The summed E-state index contributed by atoms with van der Waals surface area (Å²) in [5, 5.41) is 18.8. The fourth-order valence-electron chi connectivity index (χ4n) is 3.20. The van der Waals surface area contributed by atoms with Crippen molar-refractivity contribution in [3.05, 3.63) is 11.9 Å². The highest BCUT2D eigenvalue weighted by molar-refractivity contribution is 5.86. The van der Waals surface area contributed by atoms with E-state index in [1.165, 1.54) is 0 Å². The monoisotopic (exact) mass is 316 g/mol. The van der Waals surface area contributed by atoms with Gasteiger partial charge in [0.2, 0.25) is 5.95 Å². The molecule has 0 unspecified atom stereocenters. The van der Waals surface area contributed by atoms with Crippen molar-refractivity contribution in [2.45, 2.75) is 19.3 Å². The number of rotatable bonds is 4. The molecule has 1 aliphatic carbocycles. The lowest BCUT2D eigenvalue weighted by Crippen LogP contribution is -2.20. The van der Waals surface area contributed by atoms with Crippen LogP contribution in [0.5, 0.6) is 0 Å². The van der Waals surface area contributed by atoms with Crippen LogP contribution in [0.2, 0.25) is 0 Å². The molecule has 4 rings (SSSR count). The van der Waals surface area contributed by atoms with Crippen molar-refractivity contribution < 1.29 is 10.2 Å². The first-order valence-electron chi connectivity index (χ1n) is 7.85. The quantitative estimate of drug-likeness (QED) is 0.739. The van der Waals surface area contributed by atoms with E-state index in [-0.39, 0.29) is 19.2 Å². The summed E-state index contributed by atoms with van der Waals surface area (Å²) in [5.41, 5.74) is 7.77. The Hall–Kier alpha value is -2.19. The summed E-state index contributed by atoms with van der Waals surface area (Å²) < 4.78 is 1.80. The molecule has 3 heterocycles. The Bertz CT molecular complexity index is 774. The molecule has 0 bridgehead atoms. The van der Waals surface area contributed by atoms with Crippen molar-refractivity contribution >= 4 is 29.1 Å². The minimum absolute atomic E-state index is 0.0574. The zero-order chi connectivity index (χ0) is 16.0. The number of anilines is 2. The second-order valence-corrected chi connectivity index (χ2v) is 6.35. The molecule has 1 aliphatic heterocycles. The topological polar surface area (TPSA) is 113 Å². The molecule has 0 atom stereocenters. The first-order valence-corrected chi connectivity index (χ1v) is 7.85. The van der Waals surface area contributed by atoms with E-state index in [1.54, 1.807) is 10.9 Å². The highest BCUT2D eigenvalue weighted by Gasteiger charge is 2.48. The van der Waals surface area contributed by atoms with Gasteiger partial charge < -0.3 is 20.8 Å². The molecule has 1 saturated carbocycles. The second-order valence-electron chi connectivity index (χ2n) is 6.35. The van der Waals surface area contributed by atoms with Gasteiger partial charge in [0.25, 0.3) is 0 Å². The zero-order valence-corrected chi connectivity index (χ0v) is 12.8. The molecule has 2 aromatic rings. The first kappa shape index (κ1) is 14.4. The van der Waals surface area contributed by atoms with Crippen LogP contribution >= 0.6 is 0 Å². The second kappa shape index (κ2) is 5.17. The van der Waals surface area contributed by atoms with Crippen LogP contribution in [0.3, 0.4) is 0 Å². The summed E-state index contributed by atoms with van der Waals surface area (Å²) in [6, 6.07) is 0. The third kappa shape index (κ3) is 2.25. The Morgan fingerprint density at radius 1 is 1.22 bits per heavy atom. The van der Waals surface area contributed by atoms with E-state index < -0.39 is 5.41 Å². The zero-order valence-electron chi connectivity index (χ0n) is 12.8. The summed E-state index contributed by atoms with van der Waals surface area (Å²) in [5.74, 6) is 1.01. The largest absolute Gasteiger partial charge is 0.395 e. The molecule has 0 radical (unpaired) electrons. The average Bonchev–Trinajstić information content (AvgIpc) is 2.92. The minimum atomic E-state index is -0.493. The van der Waals surface area contributed by atoms with Crippen LogP contribution in [0, 0.1) is 5.41 Å². The van der Waals surface area contributed by atoms with Crippen molar-refractivity contribution in [2.24, 2.45) is 5.41 Å². The lowest BCUT2D eigenvalue weighted by molar-refractivity contribution is 0.143. The number of nitrogens with two attached hydrogens (primary N) is 1. The molecule has 4 N–H and O–H groups in total. The van der Waals surface area contributed by atoms with Crippen LogP contribution in [-0.4, -0.2) is 56.0 Å². The summed E-state index contributed by atoms with van der Waals surface area (Å²) >= 11 is 0. The number of imidazole rings is 1. The van der Waals surface area contributed by atoms with E-state index in [9.17, 15) is 10.2 Å². The number of hydrogen-bond acceptors (Lipinski definition) is 7. The summed E-state index contributed by atoms with van der Waals surface area (Å²) in [7, 11) is 0. The molecule has 2 fully saturated rings. The lowest BCUT2D eigenvalue weighted by atomic mass is 10.1. The number of aliphatic hydroxyl groups excluding tert-OH is 2. The number of aliphatic hydroxyl groups is 2. The van der Waals surface area contributed by atoms with E-state index in [2.05, 4.69) is 19.9 Å². The number of nitrogen functional groups attached to an aromatic ring is 1. The molecule has 1 saturated heterocycles. The highest BCUT2D eigenvalue weighted by Crippen LogP contribution is 2.51. The molecule has 0 amide bonds. The van der Waals surface area contributed by atoms with Gasteiger partial charge in [0.15, 0.2) is 17.0 Å². The Balaban J connectivity index is 1.77. The standard InChI is InChI=1S/C15H20N6O2/c16-14-18-12(20-3-1-2-4-20)11-13(19-14)21(9-17-11)6-10-5-15(10,7-22)8-23/h6,9,22-23H,1-5,7-8H2,(H2,16,18,19)/b10-6-. The normalized spacial score (nSPS) is 21.5. The Labute approximate surface area is 133 Å². The molecule has 23 heavy (non-hydrogen) atoms. The maximum Gasteiger partial charge on any atom is 0.224 e. The molecular weight excluding hydrogens is 296 g/mol. The molecule has 8 nitrogen and oxygen atoms in total. The van der Waals surface area contributed by atoms with Gasteiger partial charge in [-0.3, -0.25) is 4.57 Å². The number of hydrogen-bond donors (Lipinski definition) is 3. The first-order chi connectivity index (χ1) is 11.2. The van der Waals surface area contributed by atoms with Crippen LogP contribution in [0.1, 0.15) is 19.3 Å². The van der Waals surface area contributed by atoms with Gasteiger partial charge >= 0.3 is 0 Å². The van der Waals surface area contributed by atoms with Crippen LogP contribution < -0.4 is 10.6 Å². The van der Waals surface area contributed by atoms with Crippen molar-refractivity contribution in [3.63, 3.8) is 0 Å². The smallest absolute Gasteiger partial charge is 0.224 e. The van der Waals surface area contributed by atoms with Crippen molar-refractivity contribution in [2.75, 3.05) is 36.9 Å². The Morgan fingerprint density at radius 2 is 1.96 bits per heavy atom. The predicted molar refractivity (Wildman–Crippen MR) is 86.7 cm³/mol. The van der Waals surface area contributed by atoms with Crippen LogP contribution in [0.4, 0.5) is 11.8 Å². The van der Waals surface area contributed by atoms with Gasteiger partial charge in [0, 0.05) is 24.7 Å². The van der Waals surface area contributed by atoms with E-state index >= 15 is 0 Å². The maximum absolute atomic E-state index is 9.42. The molecule has 0 spiro atoms. The van der Waals surface area contributed by atoms with E-state index in [0.717, 1.165) is 42.8 Å². The van der Waals surface area contributed by atoms with Gasteiger partial charge in [0.1, 0.15) is 6.33 Å². The lowest BCUT2D eigenvalue weighted by Gasteiger charge is -2.16. The van der Waals surface area contributed by atoms with Gasteiger partial charge in [-0.25, -0.2) is 4.98 Å². The number of fused-ring (bicyclic) bond motifs is 1. The summed E-state index contributed by atoms with van der Waals surface area (Å²) in [6.07, 6.45) is 6.53. The van der Waals surface area contributed by atoms with E-state index in [1.807, 2.05) is 6.20 Å². The van der Waals surface area contributed by atoms with Gasteiger partial charge in [-0.05, 0) is 24.8 Å². The van der Waals surface area contributed by atoms with Crippen molar-refractivity contribution in [3.8, 4) is 0 Å². The summed E-state index contributed by atoms with van der Waals surface area (Å²) in [6.45, 7) is 1.80. The van der Waals surface area contributed by atoms with Gasteiger partial charge in [-0.1, -0.05) is 0 Å². The molecular formula is C15H20N6O2. The van der Waals surface area contributed by atoms with Crippen molar-refractivity contribution in [1.29, 1.82) is 0 Å². The summed E-state index contributed by atoms with van der Waals surface area (Å²) in [4.78, 5) is 15.3. The third-order valence-corrected chi connectivity index (χ3v) is 4.81. The molecule has 2 aromatic heterocycles. The predicted octanol–water partition coefficient (Wildman–Crippen LogP) is 0.224. The number of aromatic nitrogens is 4. The van der Waals surface area contributed by atoms with Gasteiger partial charge in [0.05, 0.1) is 13.2 Å². The Morgan fingerprint density at radius 3 is 2.61 bits per heavy atom. The molecule has 122 valence electrons. The molecule has 2 aliphatic rings. The fraction of sp³-hybridized carbons (Fsp3) is 0.533. The van der Waals surface area contributed by atoms with Crippen LogP contribution in [0.25, 0.3) is 17.4 Å². The van der Waals surface area contributed by atoms with Gasteiger partial charge in [-0.2, -0.15) is 9.97 Å². The Kier molecular flexibility index (Phi) is 3.24.